The van der Waals surface area contributed by atoms with Gasteiger partial charge in [-0.25, -0.2) is 4.79 Å². The number of carbonyl (C=O) groups is 2. The number of fused-ring (bicyclic) bond motifs is 4. The molecule has 0 bridgehead atoms. The maximum absolute atomic E-state index is 13.8. The smallest absolute Gasteiger partial charge is 0.328 e. The molecule has 4 heterocycles. The SMILES string of the molecule is CC12Cc3c([nH]c4ccc(Cl)cc34)C(c3cccc(O)c3)N1C(=O)N(CCCN1CCC1)C2=O. The Labute approximate surface area is 202 Å². The molecule has 7 nitrogen and oxygen atoms in total. The molecule has 0 spiro atoms. The number of likely N-dealkylation sites (tertiary alicyclic amines) is 1. The molecule has 0 radical (unpaired) electrons. The molecule has 3 amide bonds. The lowest BCUT2D eigenvalue weighted by molar-refractivity contribution is -0.133. The summed E-state index contributed by atoms with van der Waals surface area (Å²) >= 11 is 6.32. The third-order valence-electron chi connectivity index (χ3n) is 7.62. The Morgan fingerprint density at radius 2 is 1.97 bits per heavy atom. The average molecular weight is 479 g/mol. The number of aromatic nitrogens is 1. The number of aromatic amines is 1. The number of phenolic OH excluding ortho intramolecular Hbond substituents is 1. The number of imide groups is 1. The van der Waals surface area contributed by atoms with Gasteiger partial charge in [0.15, 0.2) is 0 Å². The molecule has 1 aromatic heterocycles. The molecule has 2 atom stereocenters. The largest absolute Gasteiger partial charge is 0.508 e. The van der Waals surface area contributed by atoms with Crippen molar-refractivity contribution in [3.63, 3.8) is 0 Å². The van der Waals surface area contributed by atoms with Crippen LogP contribution in [0, 0.1) is 0 Å². The van der Waals surface area contributed by atoms with Crippen LogP contribution in [0.15, 0.2) is 42.5 Å². The second-order valence-corrected chi connectivity index (χ2v) is 10.2. The van der Waals surface area contributed by atoms with Crippen molar-refractivity contribution in [2.75, 3.05) is 26.2 Å². The highest BCUT2D eigenvalue weighted by atomic mass is 35.5. The van der Waals surface area contributed by atoms with Crippen LogP contribution < -0.4 is 0 Å². The fraction of sp³-hybridized carbons (Fsp3) is 0.385. The first-order valence-electron chi connectivity index (χ1n) is 11.8. The molecule has 2 fully saturated rings. The number of phenols is 1. The van der Waals surface area contributed by atoms with Gasteiger partial charge in [-0.3, -0.25) is 14.6 Å². The van der Waals surface area contributed by atoms with Crippen molar-refractivity contribution in [1.82, 2.24) is 19.7 Å². The van der Waals surface area contributed by atoms with E-state index in [4.69, 9.17) is 11.6 Å². The van der Waals surface area contributed by atoms with E-state index in [0.29, 0.717) is 18.0 Å². The van der Waals surface area contributed by atoms with E-state index in [-0.39, 0.29) is 17.7 Å². The van der Waals surface area contributed by atoms with E-state index >= 15 is 0 Å². The van der Waals surface area contributed by atoms with Crippen molar-refractivity contribution >= 4 is 34.4 Å². The summed E-state index contributed by atoms with van der Waals surface area (Å²) in [6, 6.07) is 11.8. The normalized spacial score (nSPS) is 24.5. The van der Waals surface area contributed by atoms with E-state index in [0.717, 1.165) is 53.8 Å². The highest BCUT2D eigenvalue weighted by Crippen LogP contribution is 2.49. The number of nitrogens with one attached hydrogen (secondary N) is 1. The molecule has 34 heavy (non-hydrogen) atoms. The van der Waals surface area contributed by atoms with Crippen LogP contribution in [0.3, 0.4) is 0 Å². The molecule has 3 aliphatic heterocycles. The Morgan fingerprint density at radius 1 is 1.15 bits per heavy atom. The van der Waals surface area contributed by atoms with Gasteiger partial charge in [0.05, 0.1) is 0 Å². The Kier molecular flexibility index (Phi) is 4.90. The van der Waals surface area contributed by atoms with E-state index in [1.807, 2.05) is 31.2 Å². The number of aromatic hydroxyl groups is 1. The minimum Gasteiger partial charge on any atom is -0.508 e. The summed E-state index contributed by atoms with van der Waals surface area (Å²) in [6.45, 7) is 5.36. The number of H-pyrrole nitrogens is 1. The number of urea groups is 1. The van der Waals surface area contributed by atoms with Gasteiger partial charge in [0.2, 0.25) is 0 Å². The number of nitrogens with zero attached hydrogens (tertiary/aromatic N) is 3. The number of hydrogen-bond donors (Lipinski definition) is 2. The topological polar surface area (TPSA) is 79.9 Å². The van der Waals surface area contributed by atoms with Gasteiger partial charge in [0.1, 0.15) is 17.3 Å². The number of rotatable bonds is 5. The molecular formula is C26H27ClN4O3. The Morgan fingerprint density at radius 3 is 2.71 bits per heavy atom. The molecule has 2 saturated heterocycles. The summed E-state index contributed by atoms with van der Waals surface area (Å²) < 4.78 is 0. The third-order valence-corrected chi connectivity index (χ3v) is 7.85. The zero-order chi connectivity index (χ0) is 23.6. The zero-order valence-corrected chi connectivity index (χ0v) is 19.8. The minimum absolute atomic E-state index is 0.120. The first-order valence-corrected chi connectivity index (χ1v) is 12.2. The highest BCUT2D eigenvalue weighted by Gasteiger charge is 2.60. The monoisotopic (exact) mass is 478 g/mol. The lowest BCUT2D eigenvalue weighted by Crippen LogP contribution is -2.53. The molecule has 2 N–H and O–H groups in total. The number of amides is 3. The van der Waals surface area contributed by atoms with Crippen molar-refractivity contribution in [3.8, 4) is 5.75 Å². The van der Waals surface area contributed by atoms with Crippen LogP contribution in [0.1, 0.15) is 42.6 Å². The van der Waals surface area contributed by atoms with Gasteiger partial charge in [-0.2, -0.15) is 0 Å². The van der Waals surface area contributed by atoms with Crippen molar-refractivity contribution in [1.29, 1.82) is 0 Å². The molecule has 0 aliphatic carbocycles. The maximum atomic E-state index is 13.8. The lowest BCUT2D eigenvalue weighted by atomic mass is 9.81. The van der Waals surface area contributed by atoms with E-state index in [1.54, 1.807) is 23.1 Å². The maximum Gasteiger partial charge on any atom is 0.328 e. The molecule has 176 valence electrons. The predicted molar refractivity (Wildman–Crippen MR) is 130 cm³/mol. The fourth-order valence-corrected chi connectivity index (χ4v) is 5.95. The summed E-state index contributed by atoms with van der Waals surface area (Å²) in [5.41, 5.74) is 2.51. The van der Waals surface area contributed by atoms with Crippen molar-refractivity contribution in [3.05, 3.63) is 64.3 Å². The quantitative estimate of drug-likeness (QED) is 0.536. The molecule has 6 rings (SSSR count). The van der Waals surface area contributed by atoms with E-state index in [2.05, 4.69) is 9.88 Å². The second kappa shape index (κ2) is 7.75. The average Bonchev–Trinajstić information content (AvgIpc) is 3.21. The first kappa shape index (κ1) is 21.5. The summed E-state index contributed by atoms with van der Waals surface area (Å²) in [5.74, 6) is -0.0388. The van der Waals surface area contributed by atoms with Crippen LogP contribution in [0.4, 0.5) is 4.79 Å². The van der Waals surface area contributed by atoms with Gasteiger partial charge in [0.25, 0.3) is 5.91 Å². The third kappa shape index (κ3) is 3.14. The van der Waals surface area contributed by atoms with Crippen LogP contribution in [0.2, 0.25) is 5.02 Å². The number of hydrogen-bond acceptors (Lipinski definition) is 4. The molecule has 8 heteroatoms. The van der Waals surface area contributed by atoms with E-state index < -0.39 is 11.6 Å². The van der Waals surface area contributed by atoms with Crippen molar-refractivity contribution < 1.29 is 14.7 Å². The number of benzene rings is 2. The summed E-state index contributed by atoms with van der Waals surface area (Å²) in [7, 11) is 0. The standard InChI is InChI=1S/C26H27ClN4O3/c1-26-15-20-19-14-17(27)7-8-21(19)28-22(20)23(16-5-2-6-18(32)13-16)31(26)25(34)30(24(26)33)12-4-11-29-9-3-10-29/h2,5-8,13-14,23,28,32H,3-4,9-12,15H2,1H3. The highest BCUT2D eigenvalue weighted by molar-refractivity contribution is 6.31. The summed E-state index contributed by atoms with van der Waals surface area (Å²) in [4.78, 5) is 36.5. The predicted octanol–water partition coefficient (Wildman–Crippen LogP) is 4.29. The van der Waals surface area contributed by atoms with Crippen LogP contribution in [-0.2, 0) is 11.2 Å². The minimum atomic E-state index is -1.02. The summed E-state index contributed by atoms with van der Waals surface area (Å²) in [5, 5.41) is 11.8. The Hall–Kier alpha value is -3.03. The number of halogens is 1. The van der Waals surface area contributed by atoms with Gasteiger partial charge in [0, 0.05) is 34.6 Å². The van der Waals surface area contributed by atoms with Gasteiger partial charge < -0.3 is 15.0 Å². The van der Waals surface area contributed by atoms with Gasteiger partial charge in [-0.1, -0.05) is 23.7 Å². The van der Waals surface area contributed by atoms with Crippen LogP contribution in [-0.4, -0.2) is 68.4 Å². The van der Waals surface area contributed by atoms with E-state index in [1.165, 1.54) is 11.3 Å². The number of carbonyl (C=O) groups excluding carboxylic acids is 2. The van der Waals surface area contributed by atoms with Gasteiger partial charge >= 0.3 is 6.03 Å². The molecule has 3 aromatic rings. The van der Waals surface area contributed by atoms with Crippen molar-refractivity contribution in [2.24, 2.45) is 0 Å². The first-order chi connectivity index (χ1) is 16.4. The van der Waals surface area contributed by atoms with Crippen LogP contribution >= 0.6 is 11.6 Å². The molecule has 0 saturated carbocycles. The molecule has 3 aliphatic rings. The summed E-state index contributed by atoms with van der Waals surface area (Å²) in [6.07, 6.45) is 2.39. The fourth-order valence-electron chi connectivity index (χ4n) is 5.78. The van der Waals surface area contributed by atoms with Crippen LogP contribution in [0.25, 0.3) is 10.9 Å². The molecular weight excluding hydrogens is 452 g/mol. The zero-order valence-electron chi connectivity index (χ0n) is 19.1. The molecule has 2 aromatic carbocycles. The van der Waals surface area contributed by atoms with Crippen molar-refractivity contribution in [2.45, 2.75) is 37.8 Å². The Balaban J connectivity index is 1.45. The molecule has 2 unspecified atom stereocenters. The van der Waals surface area contributed by atoms with E-state index in [9.17, 15) is 14.7 Å². The van der Waals surface area contributed by atoms with Gasteiger partial charge in [-0.15, -0.1) is 0 Å². The second-order valence-electron chi connectivity index (χ2n) is 9.81. The Bertz CT molecular complexity index is 1320. The van der Waals surface area contributed by atoms with Crippen LogP contribution in [0.5, 0.6) is 5.75 Å². The lowest BCUT2D eigenvalue weighted by Gasteiger charge is -2.42. The van der Waals surface area contributed by atoms with Gasteiger partial charge in [-0.05, 0) is 80.9 Å².